The first-order valence-corrected chi connectivity index (χ1v) is 8.47. The molecule has 0 aliphatic carbocycles. The zero-order valence-electron chi connectivity index (χ0n) is 12.3. The van der Waals surface area contributed by atoms with E-state index in [-0.39, 0.29) is 0 Å². The van der Waals surface area contributed by atoms with E-state index in [1.165, 1.54) is 16.9 Å². The summed E-state index contributed by atoms with van der Waals surface area (Å²) in [6, 6.07) is 11.1. The smallest absolute Gasteiger partial charge is 0.148 e. The van der Waals surface area contributed by atoms with Crippen molar-refractivity contribution in [2.75, 3.05) is 30.5 Å². The summed E-state index contributed by atoms with van der Waals surface area (Å²) in [4.78, 5) is 0. The molecule has 0 fully saturated rings. The molecule has 3 rings (SSSR count). The average Bonchev–Trinajstić information content (AvgIpc) is 2.86. The Morgan fingerprint density at radius 1 is 1.38 bits per heavy atom. The zero-order chi connectivity index (χ0) is 14.5. The van der Waals surface area contributed by atoms with Crippen LogP contribution in [0.4, 0.5) is 5.82 Å². The number of hydrogen-bond donors (Lipinski definition) is 1. The maximum absolute atomic E-state index is 5.08. The lowest BCUT2D eigenvalue weighted by molar-refractivity contribution is 0.183. The summed E-state index contributed by atoms with van der Waals surface area (Å²) in [5.41, 5.74) is 2.87. The molecule has 112 valence electrons. The molecule has 2 aromatic rings. The van der Waals surface area contributed by atoms with Crippen molar-refractivity contribution in [2.45, 2.75) is 19.0 Å². The molecule has 1 aromatic carbocycles. The first-order valence-electron chi connectivity index (χ1n) is 7.31. The Bertz CT molecular complexity index is 584. The fourth-order valence-electron chi connectivity index (χ4n) is 2.62. The lowest BCUT2D eigenvalue weighted by atomic mass is 10.00. The van der Waals surface area contributed by atoms with Crippen molar-refractivity contribution < 1.29 is 4.74 Å². The number of nitrogens with one attached hydrogen (secondary N) is 1. The second kappa shape index (κ2) is 7.00. The second-order valence-electron chi connectivity index (χ2n) is 5.18. The quantitative estimate of drug-likeness (QED) is 0.922. The first-order chi connectivity index (χ1) is 10.4. The summed E-state index contributed by atoms with van der Waals surface area (Å²) in [6.45, 7) is 1.47. The molecular weight excluding hydrogens is 282 g/mol. The maximum atomic E-state index is 5.08. The fraction of sp³-hybridized carbons (Fsp3) is 0.438. The van der Waals surface area contributed by atoms with E-state index in [2.05, 4.69) is 34.7 Å². The van der Waals surface area contributed by atoms with E-state index in [1.807, 2.05) is 28.7 Å². The van der Waals surface area contributed by atoms with Crippen LogP contribution in [0, 0.1) is 0 Å². The standard InChI is InChI=1S/C16H21N3OS/c1-20-10-9-19-8-6-16(18-19)17-15-12-21-11-7-13-4-2-3-5-14(13)15/h2-6,8,15H,7,9-12H2,1H3,(H,17,18)/t15-/m1/s1. The van der Waals surface area contributed by atoms with E-state index < -0.39 is 0 Å². The highest BCUT2D eigenvalue weighted by Crippen LogP contribution is 2.29. The molecule has 1 N–H and O–H groups in total. The summed E-state index contributed by atoms with van der Waals surface area (Å²) in [5, 5.41) is 8.14. The Morgan fingerprint density at radius 3 is 3.19 bits per heavy atom. The van der Waals surface area contributed by atoms with Gasteiger partial charge in [0.1, 0.15) is 5.82 Å². The van der Waals surface area contributed by atoms with Crippen molar-refractivity contribution in [1.29, 1.82) is 0 Å². The van der Waals surface area contributed by atoms with E-state index in [1.54, 1.807) is 7.11 Å². The SMILES string of the molecule is COCCn1ccc(N[C@@H]2CSCCc3ccccc32)n1. The first kappa shape index (κ1) is 14.5. The van der Waals surface area contributed by atoms with Gasteiger partial charge in [-0.25, -0.2) is 0 Å². The normalized spacial score (nSPS) is 18.0. The topological polar surface area (TPSA) is 39.1 Å². The highest BCUT2D eigenvalue weighted by Gasteiger charge is 2.19. The number of ether oxygens (including phenoxy) is 1. The third-order valence-corrected chi connectivity index (χ3v) is 4.78. The number of methoxy groups -OCH3 is 1. The molecule has 0 saturated carbocycles. The summed E-state index contributed by atoms with van der Waals surface area (Å²) in [6.07, 6.45) is 3.15. The van der Waals surface area contributed by atoms with Gasteiger partial charge in [0, 0.05) is 25.1 Å². The van der Waals surface area contributed by atoms with Crippen LogP contribution in [-0.2, 0) is 17.7 Å². The van der Waals surface area contributed by atoms with Crippen LogP contribution >= 0.6 is 11.8 Å². The molecule has 2 heterocycles. The van der Waals surface area contributed by atoms with Gasteiger partial charge in [0.25, 0.3) is 0 Å². The molecule has 0 radical (unpaired) electrons. The second-order valence-corrected chi connectivity index (χ2v) is 6.33. The van der Waals surface area contributed by atoms with E-state index in [4.69, 9.17) is 4.74 Å². The van der Waals surface area contributed by atoms with Crippen LogP contribution in [0.25, 0.3) is 0 Å². The predicted molar refractivity (Wildman–Crippen MR) is 87.9 cm³/mol. The van der Waals surface area contributed by atoms with Gasteiger partial charge in [-0.05, 0) is 23.3 Å². The molecule has 5 heteroatoms. The third kappa shape index (κ3) is 3.60. The number of nitrogens with zero attached hydrogens (tertiary/aromatic N) is 2. The van der Waals surface area contributed by atoms with Gasteiger partial charge in [0.15, 0.2) is 0 Å². The number of aryl methyl sites for hydroxylation is 1. The molecular formula is C16H21N3OS. The largest absolute Gasteiger partial charge is 0.383 e. The van der Waals surface area contributed by atoms with Gasteiger partial charge >= 0.3 is 0 Å². The van der Waals surface area contributed by atoms with Gasteiger partial charge in [0.05, 0.1) is 19.2 Å². The number of benzene rings is 1. The fourth-order valence-corrected chi connectivity index (χ4v) is 3.65. The molecule has 1 atom stereocenters. The summed E-state index contributed by atoms with van der Waals surface area (Å²) >= 11 is 2.00. The van der Waals surface area contributed by atoms with Crippen LogP contribution < -0.4 is 5.32 Å². The predicted octanol–water partition coefficient (Wildman–Crippen LogP) is 2.97. The van der Waals surface area contributed by atoms with Crippen molar-refractivity contribution >= 4 is 17.6 Å². The number of rotatable bonds is 5. The van der Waals surface area contributed by atoms with E-state index in [9.17, 15) is 0 Å². The molecule has 21 heavy (non-hydrogen) atoms. The minimum Gasteiger partial charge on any atom is -0.383 e. The minimum atomic E-state index is 0.333. The molecule has 4 nitrogen and oxygen atoms in total. The maximum Gasteiger partial charge on any atom is 0.148 e. The number of thioether (sulfide) groups is 1. The van der Waals surface area contributed by atoms with Crippen LogP contribution in [0.15, 0.2) is 36.5 Å². The Balaban J connectivity index is 1.73. The van der Waals surface area contributed by atoms with Gasteiger partial charge in [-0.15, -0.1) is 0 Å². The van der Waals surface area contributed by atoms with Crippen molar-refractivity contribution in [1.82, 2.24) is 9.78 Å². The number of anilines is 1. The van der Waals surface area contributed by atoms with Crippen LogP contribution in [0.1, 0.15) is 17.2 Å². The Hall–Kier alpha value is -1.46. The van der Waals surface area contributed by atoms with Gasteiger partial charge in [-0.3, -0.25) is 4.68 Å². The van der Waals surface area contributed by atoms with Crippen molar-refractivity contribution in [3.8, 4) is 0 Å². The molecule has 1 aliphatic heterocycles. The van der Waals surface area contributed by atoms with Crippen molar-refractivity contribution in [3.05, 3.63) is 47.7 Å². The van der Waals surface area contributed by atoms with Gasteiger partial charge in [0.2, 0.25) is 0 Å². The van der Waals surface area contributed by atoms with Crippen LogP contribution in [0.5, 0.6) is 0 Å². The monoisotopic (exact) mass is 303 g/mol. The molecule has 0 saturated heterocycles. The highest BCUT2D eigenvalue weighted by atomic mass is 32.2. The minimum absolute atomic E-state index is 0.333. The summed E-state index contributed by atoms with van der Waals surface area (Å²) in [7, 11) is 1.71. The molecule has 0 bridgehead atoms. The van der Waals surface area contributed by atoms with Gasteiger partial charge in [-0.1, -0.05) is 24.3 Å². The van der Waals surface area contributed by atoms with Gasteiger partial charge in [-0.2, -0.15) is 16.9 Å². The molecule has 1 aromatic heterocycles. The Kier molecular flexibility index (Phi) is 4.83. The number of aromatic nitrogens is 2. The summed E-state index contributed by atoms with van der Waals surface area (Å²) in [5.74, 6) is 3.22. The number of fused-ring (bicyclic) bond motifs is 1. The zero-order valence-corrected chi connectivity index (χ0v) is 13.1. The summed E-state index contributed by atoms with van der Waals surface area (Å²) < 4.78 is 7.00. The molecule has 1 aliphatic rings. The molecule has 0 unspecified atom stereocenters. The van der Waals surface area contributed by atoms with Crippen LogP contribution in [0.3, 0.4) is 0 Å². The molecule has 0 spiro atoms. The number of hydrogen-bond acceptors (Lipinski definition) is 4. The van der Waals surface area contributed by atoms with E-state index in [0.29, 0.717) is 12.6 Å². The van der Waals surface area contributed by atoms with E-state index >= 15 is 0 Å². The average molecular weight is 303 g/mol. The van der Waals surface area contributed by atoms with E-state index in [0.717, 1.165) is 24.5 Å². The van der Waals surface area contributed by atoms with Crippen molar-refractivity contribution in [3.63, 3.8) is 0 Å². The lowest BCUT2D eigenvalue weighted by Crippen LogP contribution is -2.14. The third-order valence-electron chi connectivity index (χ3n) is 3.72. The Morgan fingerprint density at radius 2 is 2.29 bits per heavy atom. The lowest BCUT2D eigenvalue weighted by Gasteiger charge is -2.18. The van der Waals surface area contributed by atoms with Crippen LogP contribution in [-0.4, -0.2) is 35.0 Å². The Labute approximate surface area is 129 Å². The molecule has 0 amide bonds. The van der Waals surface area contributed by atoms with Crippen LogP contribution in [0.2, 0.25) is 0 Å². The van der Waals surface area contributed by atoms with Gasteiger partial charge < -0.3 is 10.1 Å². The highest BCUT2D eigenvalue weighted by molar-refractivity contribution is 7.99. The van der Waals surface area contributed by atoms with Crippen molar-refractivity contribution in [2.24, 2.45) is 0 Å².